The normalized spacial score (nSPS) is 18.3. The third kappa shape index (κ3) is 3.99. The second kappa shape index (κ2) is 8.68. The Morgan fingerprint density at radius 3 is 2.55 bits per heavy atom. The Morgan fingerprint density at radius 2 is 1.93 bits per heavy atom. The molecule has 1 aliphatic heterocycles. The molecule has 1 N–H and O–H groups in total. The number of aliphatic hydroxyl groups excluding tert-OH is 1. The molecule has 6 nitrogen and oxygen atoms in total. The molecule has 1 unspecified atom stereocenters. The molecular formula is C22H22ClNO5. The largest absolute Gasteiger partial charge is 0.507 e. The summed E-state index contributed by atoms with van der Waals surface area (Å²) >= 11 is 6.18. The lowest BCUT2D eigenvalue weighted by molar-refractivity contribution is -0.140. The van der Waals surface area contributed by atoms with E-state index in [0.29, 0.717) is 11.3 Å². The van der Waals surface area contributed by atoms with Crippen molar-refractivity contribution >= 4 is 29.1 Å². The van der Waals surface area contributed by atoms with Gasteiger partial charge in [0.15, 0.2) is 0 Å². The Balaban J connectivity index is 2.17. The van der Waals surface area contributed by atoms with E-state index >= 15 is 0 Å². The van der Waals surface area contributed by atoms with Gasteiger partial charge < -0.3 is 19.5 Å². The first-order chi connectivity index (χ1) is 13.9. The van der Waals surface area contributed by atoms with Crippen molar-refractivity contribution in [2.75, 3.05) is 27.4 Å². The number of halogens is 1. The Labute approximate surface area is 174 Å². The first-order valence-electron chi connectivity index (χ1n) is 9.06. The number of rotatable bonds is 6. The third-order valence-electron chi connectivity index (χ3n) is 4.86. The van der Waals surface area contributed by atoms with E-state index < -0.39 is 17.7 Å². The van der Waals surface area contributed by atoms with Crippen LogP contribution in [0.15, 0.2) is 48.0 Å². The number of hydrogen-bond acceptors (Lipinski definition) is 5. The summed E-state index contributed by atoms with van der Waals surface area (Å²) in [5.41, 5.74) is 2.07. The van der Waals surface area contributed by atoms with Gasteiger partial charge in [-0.25, -0.2) is 0 Å². The lowest BCUT2D eigenvalue weighted by Crippen LogP contribution is -2.32. The smallest absolute Gasteiger partial charge is 0.295 e. The van der Waals surface area contributed by atoms with Gasteiger partial charge in [0.25, 0.3) is 11.7 Å². The highest BCUT2D eigenvalue weighted by Crippen LogP contribution is 2.40. The number of nitrogens with zero attached hydrogens (tertiary/aromatic N) is 1. The van der Waals surface area contributed by atoms with Crippen LogP contribution in [0.3, 0.4) is 0 Å². The van der Waals surface area contributed by atoms with Crippen LogP contribution in [0.1, 0.15) is 22.7 Å². The van der Waals surface area contributed by atoms with Gasteiger partial charge in [0.05, 0.1) is 30.4 Å². The van der Waals surface area contributed by atoms with Gasteiger partial charge in [0.2, 0.25) is 0 Å². The zero-order valence-electron chi connectivity index (χ0n) is 16.4. The molecular weight excluding hydrogens is 394 g/mol. The van der Waals surface area contributed by atoms with Crippen molar-refractivity contribution < 1.29 is 24.2 Å². The third-order valence-corrected chi connectivity index (χ3v) is 5.15. The van der Waals surface area contributed by atoms with Crippen LogP contribution in [0.25, 0.3) is 5.76 Å². The Kier molecular flexibility index (Phi) is 6.25. The zero-order valence-corrected chi connectivity index (χ0v) is 17.2. The number of Topliss-reactive ketones (excluding diaryl/α,β-unsaturated/α-hetero) is 1. The molecule has 29 heavy (non-hydrogen) atoms. The molecule has 0 spiro atoms. The maximum atomic E-state index is 12.9. The van der Waals surface area contributed by atoms with E-state index in [2.05, 4.69) is 0 Å². The second-order valence-electron chi connectivity index (χ2n) is 6.75. The van der Waals surface area contributed by atoms with Crippen LogP contribution in [0.2, 0.25) is 5.02 Å². The molecule has 1 aliphatic rings. The number of carbonyl (C=O) groups excluding carboxylic acids is 2. The zero-order chi connectivity index (χ0) is 21.1. The SMILES string of the molecule is COCCN1C(=O)C(=O)/C(=C(\O)c2ccc(OC)c(Cl)c2)C1c1cccc(C)c1. The van der Waals surface area contributed by atoms with Crippen LogP contribution >= 0.6 is 11.6 Å². The van der Waals surface area contributed by atoms with Crippen LogP contribution in [-0.4, -0.2) is 49.1 Å². The van der Waals surface area contributed by atoms with Gasteiger partial charge in [0.1, 0.15) is 11.5 Å². The van der Waals surface area contributed by atoms with Gasteiger partial charge in [-0.3, -0.25) is 9.59 Å². The first kappa shape index (κ1) is 20.9. The summed E-state index contributed by atoms with van der Waals surface area (Å²) in [5.74, 6) is -1.25. The molecule has 3 rings (SSSR count). The lowest BCUT2D eigenvalue weighted by Gasteiger charge is -2.25. The van der Waals surface area contributed by atoms with E-state index in [1.54, 1.807) is 12.1 Å². The van der Waals surface area contributed by atoms with Gasteiger partial charge in [-0.05, 0) is 30.7 Å². The molecule has 0 saturated carbocycles. The Hall–Kier alpha value is -2.83. The van der Waals surface area contributed by atoms with Crippen molar-refractivity contribution in [3.63, 3.8) is 0 Å². The molecule has 0 aliphatic carbocycles. The minimum absolute atomic E-state index is 0.0259. The van der Waals surface area contributed by atoms with E-state index in [4.69, 9.17) is 21.1 Å². The van der Waals surface area contributed by atoms with E-state index in [9.17, 15) is 14.7 Å². The molecule has 1 atom stereocenters. The molecule has 1 saturated heterocycles. The molecule has 152 valence electrons. The lowest BCUT2D eigenvalue weighted by atomic mass is 9.94. The fourth-order valence-electron chi connectivity index (χ4n) is 3.46. The monoisotopic (exact) mass is 415 g/mol. The molecule has 7 heteroatoms. The quantitative estimate of drug-likeness (QED) is 0.442. The fourth-order valence-corrected chi connectivity index (χ4v) is 3.71. The van der Waals surface area contributed by atoms with Crippen molar-refractivity contribution in [2.45, 2.75) is 13.0 Å². The van der Waals surface area contributed by atoms with Crippen LogP contribution in [0.4, 0.5) is 0 Å². The standard InChI is InChI=1S/C22H22ClNO5/c1-13-5-4-6-14(11-13)19-18(21(26)22(27)24(19)9-10-28-2)20(25)15-7-8-17(29-3)16(23)12-15/h4-8,11-12,19,25H,9-10H2,1-3H3/b20-18-. The van der Waals surface area contributed by atoms with Gasteiger partial charge in [-0.2, -0.15) is 0 Å². The number of methoxy groups -OCH3 is 2. The number of benzene rings is 2. The van der Waals surface area contributed by atoms with Crippen LogP contribution in [0, 0.1) is 6.92 Å². The van der Waals surface area contributed by atoms with Gasteiger partial charge in [-0.15, -0.1) is 0 Å². The van der Waals surface area contributed by atoms with Gasteiger partial charge in [0, 0.05) is 19.2 Å². The van der Waals surface area contributed by atoms with Crippen molar-refractivity contribution in [2.24, 2.45) is 0 Å². The minimum atomic E-state index is -0.739. The number of aliphatic hydroxyl groups is 1. The summed E-state index contributed by atoms with van der Waals surface area (Å²) < 4.78 is 10.2. The summed E-state index contributed by atoms with van der Waals surface area (Å²) in [5, 5.41) is 11.3. The summed E-state index contributed by atoms with van der Waals surface area (Å²) in [4.78, 5) is 27.0. The summed E-state index contributed by atoms with van der Waals surface area (Å²) in [6, 6.07) is 11.5. The van der Waals surface area contributed by atoms with E-state index in [-0.39, 0.29) is 29.5 Å². The van der Waals surface area contributed by atoms with E-state index in [1.165, 1.54) is 25.2 Å². The topological polar surface area (TPSA) is 76.1 Å². The maximum absolute atomic E-state index is 12.9. The summed E-state index contributed by atoms with van der Waals surface area (Å²) in [6.45, 7) is 2.41. The average molecular weight is 416 g/mol. The number of ketones is 1. The maximum Gasteiger partial charge on any atom is 0.295 e. The number of ether oxygens (including phenoxy) is 2. The predicted molar refractivity (Wildman–Crippen MR) is 110 cm³/mol. The number of hydrogen-bond donors (Lipinski definition) is 1. The van der Waals surface area contributed by atoms with E-state index in [0.717, 1.165) is 11.1 Å². The number of aryl methyl sites for hydroxylation is 1. The second-order valence-corrected chi connectivity index (χ2v) is 7.16. The van der Waals surface area contributed by atoms with Gasteiger partial charge >= 0.3 is 0 Å². The first-order valence-corrected chi connectivity index (χ1v) is 9.44. The number of likely N-dealkylation sites (tertiary alicyclic amines) is 1. The van der Waals surface area contributed by atoms with E-state index in [1.807, 2.05) is 31.2 Å². The highest BCUT2D eigenvalue weighted by atomic mass is 35.5. The fraction of sp³-hybridized carbons (Fsp3) is 0.273. The summed E-state index contributed by atoms with van der Waals surface area (Å²) in [6.07, 6.45) is 0. The molecule has 0 radical (unpaired) electrons. The molecule has 2 aromatic carbocycles. The van der Waals surface area contributed by atoms with Crippen LogP contribution < -0.4 is 4.74 Å². The van der Waals surface area contributed by atoms with Crippen LogP contribution in [-0.2, 0) is 14.3 Å². The predicted octanol–water partition coefficient (Wildman–Crippen LogP) is 3.73. The summed E-state index contributed by atoms with van der Waals surface area (Å²) in [7, 11) is 3.01. The molecule has 0 bridgehead atoms. The van der Waals surface area contributed by atoms with Crippen molar-refractivity contribution in [1.29, 1.82) is 0 Å². The number of carbonyl (C=O) groups is 2. The number of amides is 1. The average Bonchev–Trinajstić information content (AvgIpc) is 2.96. The van der Waals surface area contributed by atoms with Crippen molar-refractivity contribution in [1.82, 2.24) is 4.90 Å². The highest BCUT2D eigenvalue weighted by molar-refractivity contribution is 6.46. The Morgan fingerprint density at radius 1 is 1.17 bits per heavy atom. The molecule has 0 aromatic heterocycles. The molecule has 1 heterocycles. The minimum Gasteiger partial charge on any atom is -0.507 e. The van der Waals surface area contributed by atoms with Crippen molar-refractivity contribution in [3.8, 4) is 5.75 Å². The Bertz CT molecular complexity index is 985. The van der Waals surface area contributed by atoms with Crippen LogP contribution in [0.5, 0.6) is 5.75 Å². The van der Waals surface area contributed by atoms with Gasteiger partial charge in [-0.1, -0.05) is 41.4 Å². The highest BCUT2D eigenvalue weighted by Gasteiger charge is 2.45. The molecule has 1 amide bonds. The molecule has 1 fully saturated rings. The molecule has 2 aromatic rings. The van der Waals surface area contributed by atoms with Crippen molar-refractivity contribution in [3.05, 3.63) is 69.8 Å².